The highest BCUT2D eigenvalue weighted by Gasteiger charge is 2.28. The number of hydrogen-bond donors (Lipinski definition) is 1. The van der Waals surface area contributed by atoms with Crippen LogP contribution in [-0.4, -0.2) is 48.9 Å². The summed E-state index contributed by atoms with van der Waals surface area (Å²) in [6, 6.07) is 5.98. The van der Waals surface area contributed by atoms with Gasteiger partial charge >= 0.3 is 0 Å². The first-order valence-corrected chi connectivity index (χ1v) is 9.34. The number of aromatic nitrogens is 5. The summed E-state index contributed by atoms with van der Waals surface area (Å²) in [5, 5.41) is 11.8. The van der Waals surface area contributed by atoms with E-state index in [1.807, 2.05) is 43.1 Å². The fraction of sp³-hybridized carbons (Fsp3) is 0.400. The molecule has 3 aromatic rings. The van der Waals surface area contributed by atoms with Crippen molar-refractivity contribution in [3.8, 4) is 11.1 Å². The monoisotopic (exact) mass is 364 g/mol. The Hall–Kier alpha value is -2.96. The molecular weight excluding hydrogens is 340 g/mol. The van der Waals surface area contributed by atoms with Crippen molar-refractivity contribution in [2.75, 3.05) is 13.1 Å². The SMILES string of the molecule is Cc1cc(C)n(CC(=O)N2CCCC(c3[nH]ncc3-c3ccncc3)C2)n1. The van der Waals surface area contributed by atoms with Crippen molar-refractivity contribution in [2.24, 2.45) is 0 Å². The lowest BCUT2D eigenvalue weighted by atomic mass is 9.91. The van der Waals surface area contributed by atoms with E-state index in [1.54, 1.807) is 17.1 Å². The van der Waals surface area contributed by atoms with E-state index in [2.05, 4.69) is 20.3 Å². The molecule has 1 aliphatic heterocycles. The molecule has 1 fully saturated rings. The molecule has 7 nitrogen and oxygen atoms in total. The van der Waals surface area contributed by atoms with Crippen molar-refractivity contribution < 1.29 is 4.79 Å². The smallest absolute Gasteiger partial charge is 0.244 e. The zero-order chi connectivity index (χ0) is 18.8. The molecule has 1 N–H and O–H groups in total. The number of aryl methyl sites for hydroxylation is 2. The molecule has 0 bridgehead atoms. The van der Waals surface area contributed by atoms with Crippen LogP contribution in [0.1, 0.15) is 35.8 Å². The Morgan fingerprint density at radius 3 is 2.85 bits per heavy atom. The third-order valence-corrected chi connectivity index (χ3v) is 5.23. The third-order valence-electron chi connectivity index (χ3n) is 5.23. The summed E-state index contributed by atoms with van der Waals surface area (Å²) < 4.78 is 1.79. The standard InChI is InChI=1S/C20H24N6O/c1-14-10-15(2)26(24-14)13-19(27)25-9-3-4-17(12-25)20-18(11-22-23-20)16-5-7-21-8-6-16/h5-8,10-11,17H,3-4,9,12-13H2,1-2H3,(H,22,23). The van der Waals surface area contributed by atoms with Crippen LogP contribution in [0.2, 0.25) is 0 Å². The topological polar surface area (TPSA) is 79.7 Å². The quantitative estimate of drug-likeness (QED) is 0.772. The van der Waals surface area contributed by atoms with Gasteiger partial charge in [0.2, 0.25) is 5.91 Å². The Balaban J connectivity index is 1.50. The summed E-state index contributed by atoms with van der Waals surface area (Å²) in [5.74, 6) is 0.379. The van der Waals surface area contributed by atoms with Crippen molar-refractivity contribution in [3.05, 3.63) is 53.9 Å². The lowest BCUT2D eigenvalue weighted by molar-refractivity contribution is -0.133. The third kappa shape index (κ3) is 3.63. The minimum Gasteiger partial charge on any atom is -0.340 e. The fourth-order valence-corrected chi connectivity index (χ4v) is 3.87. The molecule has 0 aromatic carbocycles. The second kappa shape index (κ2) is 7.34. The van der Waals surface area contributed by atoms with Gasteiger partial charge in [-0.3, -0.25) is 19.6 Å². The molecule has 4 rings (SSSR count). The van der Waals surface area contributed by atoms with E-state index >= 15 is 0 Å². The zero-order valence-corrected chi connectivity index (χ0v) is 15.7. The van der Waals surface area contributed by atoms with Crippen molar-refractivity contribution >= 4 is 5.91 Å². The normalized spacial score (nSPS) is 17.3. The number of carbonyl (C=O) groups excluding carboxylic acids is 1. The van der Waals surface area contributed by atoms with E-state index in [4.69, 9.17) is 0 Å². The Labute approximate surface area is 158 Å². The number of aromatic amines is 1. The van der Waals surface area contributed by atoms with Crippen LogP contribution in [0.25, 0.3) is 11.1 Å². The van der Waals surface area contributed by atoms with E-state index in [-0.39, 0.29) is 11.8 Å². The molecule has 4 heterocycles. The molecule has 0 spiro atoms. The van der Waals surface area contributed by atoms with E-state index in [0.29, 0.717) is 13.1 Å². The van der Waals surface area contributed by atoms with Crippen molar-refractivity contribution in [2.45, 2.75) is 39.2 Å². The number of pyridine rings is 1. The molecule has 0 saturated carbocycles. The molecule has 1 atom stereocenters. The Kier molecular flexibility index (Phi) is 4.75. The largest absolute Gasteiger partial charge is 0.340 e. The highest BCUT2D eigenvalue weighted by Crippen LogP contribution is 2.32. The number of carbonyl (C=O) groups is 1. The average Bonchev–Trinajstić information content (AvgIpc) is 3.29. The van der Waals surface area contributed by atoms with Crippen molar-refractivity contribution in [3.63, 3.8) is 0 Å². The Morgan fingerprint density at radius 2 is 2.11 bits per heavy atom. The summed E-state index contributed by atoms with van der Waals surface area (Å²) in [6.07, 6.45) is 7.47. The first-order valence-electron chi connectivity index (χ1n) is 9.34. The molecule has 0 radical (unpaired) electrons. The second-order valence-corrected chi connectivity index (χ2v) is 7.20. The summed E-state index contributed by atoms with van der Waals surface area (Å²) >= 11 is 0. The first kappa shape index (κ1) is 17.5. The van der Waals surface area contributed by atoms with Gasteiger partial charge in [-0.15, -0.1) is 0 Å². The van der Waals surface area contributed by atoms with Crippen LogP contribution < -0.4 is 0 Å². The molecular formula is C20H24N6O. The van der Waals surface area contributed by atoms with Crippen LogP contribution in [0.15, 0.2) is 36.8 Å². The Morgan fingerprint density at radius 1 is 1.30 bits per heavy atom. The molecule has 27 heavy (non-hydrogen) atoms. The van der Waals surface area contributed by atoms with Gasteiger partial charge in [0.25, 0.3) is 0 Å². The number of likely N-dealkylation sites (tertiary alicyclic amines) is 1. The van der Waals surface area contributed by atoms with Gasteiger partial charge in [-0.2, -0.15) is 10.2 Å². The minimum absolute atomic E-state index is 0.121. The maximum atomic E-state index is 12.8. The highest BCUT2D eigenvalue weighted by molar-refractivity contribution is 5.76. The predicted molar refractivity (Wildman–Crippen MR) is 102 cm³/mol. The summed E-state index contributed by atoms with van der Waals surface area (Å²) in [6.45, 7) is 5.74. The highest BCUT2D eigenvalue weighted by atomic mass is 16.2. The van der Waals surface area contributed by atoms with Gasteiger partial charge in [0, 0.05) is 48.4 Å². The molecule has 140 valence electrons. The molecule has 1 aliphatic rings. The second-order valence-electron chi connectivity index (χ2n) is 7.20. The molecule has 7 heteroatoms. The van der Waals surface area contributed by atoms with Gasteiger partial charge in [0.05, 0.1) is 11.9 Å². The lowest BCUT2D eigenvalue weighted by Gasteiger charge is -2.33. The van der Waals surface area contributed by atoms with Gasteiger partial charge in [0.1, 0.15) is 6.54 Å². The maximum Gasteiger partial charge on any atom is 0.244 e. The number of nitrogens with zero attached hydrogens (tertiary/aromatic N) is 5. The minimum atomic E-state index is 0.121. The average molecular weight is 364 g/mol. The first-order chi connectivity index (χ1) is 13.1. The van der Waals surface area contributed by atoms with Crippen LogP contribution in [0.3, 0.4) is 0 Å². The number of nitrogens with one attached hydrogen (secondary N) is 1. The van der Waals surface area contributed by atoms with Crippen LogP contribution >= 0.6 is 0 Å². The van der Waals surface area contributed by atoms with E-state index in [1.165, 1.54) is 0 Å². The van der Waals surface area contributed by atoms with Gasteiger partial charge < -0.3 is 4.90 Å². The molecule has 1 saturated heterocycles. The summed E-state index contributed by atoms with van der Waals surface area (Å²) in [5.41, 5.74) is 5.25. The van der Waals surface area contributed by atoms with Gasteiger partial charge in [-0.05, 0) is 50.5 Å². The number of piperidine rings is 1. The number of amides is 1. The van der Waals surface area contributed by atoms with E-state index in [9.17, 15) is 4.79 Å². The molecule has 0 aliphatic carbocycles. The van der Waals surface area contributed by atoms with Crippen molar-refractivity contribution in [1.82, 2.24) is 29.9 Å². The number of rotatable bonds is 4. The summed E-state index contributed by atoms with van der Waals surface area (Å²) in [4.78, 5) is 18.9. The number of hydrogen-bond acceptors (Lipinski definition) is 4. The summed E-state index contributed by atoms with van der Waals surface area (Å²) in [7, 11) is 0. The molecule has 1 amide bonds. The zero-order valence-electron chi connectivity index (χ0n) is 15.7. The lowest BCUT2D eigenvalue weighted by Crippen LogP contribution is -2.41. The number of H-pyrrole nitrogens is 1. The van der Waals surface area contributed by atoms with Crippen LogP contribution in [0.5, 0.6) is 0 Å². The van der Waals surface area contributed by atoms with Crippen molar-refractivity contribution in [1.29, 1.82) is 0 Å². The Bertz CT molecular complexity index is 929. The van der Waals surface area contributed by atoms with Crippen LogP contribution in [-0.2, 0) is 11.3 Å². The van der Waals surface area contributed by atoms with Gasteiger partial charge in [-0.1, -0.05) is 0 Å². The van der Waals surface area contributed by atoms with E-state index in [0.717, 1.165) is 47.6 Å². The molecule has 1 unspecified atom stereocenters. The maximum absolute atomic E-state index is 12.8. The predicted octanol–water partition coefficient (Wildman–Crippen LogP) is 2.69. The van der Waals surface area contributed by atoms with Gasteiger partial charge in [0.15, 0.2) is 0 Å². The van der Waals surface area contributed by atoms with E-state index < -0.39 is 0 Å². The molecule has 3 aromatic heterocycles. The van der Waals surface area contributed by atoms with Gasteiger partial charge in [-0.25, -0.2) is 0 Å². The van der Waals surface area contributed by atoms with Crippen LogP contribution in [0.4, 0.5) is 0 Å². The van der Waals surface area contributed by atoms with Crippen LogP contribution in [0, 0.1) is 13.8 Å². The fourth-order valence-electron chi connectivity index (χ4n) is 3.87.